The lowest BCUT2D eigenvalue weighted by molar-refractivity contribution is -0.140. The van der Waals surface area contributed by atoms with Crippen molar-refractivity contribution >= 4 is 29.1 Å². The highest BCUT2D eigenvalue weighted by molar-refractivity contribution is 6.46. The summed E-state index contributed by atoms with van der Waals surface area (Å²) >= 11 is 6.23. The summed E-state index contributed by atoms with van der Waals surface area (Å²) in [7, 11) is 3.79. The third-order valence-corrected chi connectivity index (χ3v) is 6.34. The van der Waals surface area contributed by atoms with Gasteiger partial charge in [-0.2, -0.15) is 0 Å². The molecule has 186 valence electrons. The molecule has 0 unspecified atom stereocenters. The second-order valence-electron chi connectivity index (χ2n) is 9.15. The molecule has 36 heavy (non-hydrogen) atoms. The van der Waals surface area contributed by atoms with Gasteiger partial charge in [0.2, 0.25) is 0 Å². The number of carbonyl (C=O) groups is 2. The predicted molar refractivity (Wildman–Crippen MR) is 141 cm³/mol. The molecular formula is C29H29ClN2O4. The first-order valence-electron chi connectivity index (χ1n) is 11.7. The number of aliphatic hydroxyl groups excluding tert-OH is 1. The highest BCUT2D eigenvalue weighted by Gasteiger charge is 2.45. The van der Waals surface area contributed by atoms with Crippen molar-refractivity contribution in [3.05, 3.63) is 106 Å². The van der Waals surface area contributed by atoms with E-state index in [0.717, 1.165) is 11.1 Å². The number of benzene rings is 3. The number of likely N-dealkylation sites (tertiary alicyclic amines) is 1. The minimum absolute atomic E-state index is 0.0504. The first-order valence-corrected chi connectivity index (χ1v) is 12.1. The smallest absolute Gasteiger partial charge is 0.295 e. The van der Waals surface area contributed by atoms with E-state index in [1.807, 2.05) is 44.1 Å². The summed E-state index contributed by atoms with van der Waals surface area (Å²) in [6, 6.07) is 21.2. The van der Waals surface area contributed by atoms with E-state index in [2.05, 4.69) is 6.07 Å². The highest BCUT2D eigenvalue weighted by Crippen LogP contribution is 2.40. The lowest BCUT2D eigenvalue weighted by Crippen LogP contribution is -2.35. The monoisotopic (exact) mass is 504 g/mol. The standard InChI is InChI=1S/C29H29ClN2O4/c1-19-6-4-7-20(16-19)18-36-24-12-10-21(11-13-24)27(33)25-26(22-8-5-9-23(30)17-22)32(15-14-31(2)3)29(35)28(25)34/h4-13,16-17,26,33H,14-15,18H2,1-3H3/b27-25+/t26-/m1/s1. The predicted octanol–water partition coefficient (Wildman–Crippen LogP) is 5.21. The molecule has 1 N–H and O–H groups in total. The number of rotatable bonds is 8. The summed E-state index contributed by atoms with van der Waals surface area (Å²) in [6.45, 7) is 3.34. The zero-order valence-electron chi connectivity index (χ0n) is 20.6. The van der Waals surface area contributed by atoms with Gasteiger partial charge in [-0.05, 0) is 68.5 Å². The molecule has 0 aromatic heterocycles. The fourth-order valence-corrected chi connectivity index (χ4v) is 4.47. The Kier molecular flexibility index (Phi) is 7.77. The summed E-state index contributed by atoms with van der Waals surface area (Å²) in [6.07, 6.45) is 0. The van der Waals surface area contributed by atoms with E-state index in [0.29, 0.717) is 41.6 Å². The molecular weight excluding hydrogens is 476 g/mol. The number of ether oxygens (including phenoxy) is 1. The zero-order valence-corrected chi connectivity index (χ0v) is 21.3. The van der Waals surface area contributed by atoms with Gasteiger partial charge in [-0.15, -0.1) is 0 Å². The molecule has 0 saturated carbocycles. The average Bonchev–Trinajstić information content (AvgIpc) is 3.11. The number of hydrogen-bond acceptors (Lipinski definition) is 5. The number of nitrogens with zero attached hydrogens (tertiary/aromatic N) is 2. The van der Waals surface area contributed by atoms with Crippen LogP contribution in [0.4, 0.5) is 0 Å². The van der Waals surface area contributed by atoms with Crippen molar-refractivity contribution in [3.63, 3.8) is 0 Å². The lowest BCUT2D eigenvalue weighted by atomic mass is 9.95. The Hall–Kier alpha value is -3.61. The summed E-state index contributed by atoms with van der Waals surface area (Å²) in [5, 5.41) is 11.7. The maximum Gasteiger partial charge on any atom is 0.295 e. The molecule has 0 aliphatic carbocycles. The van der Waals surface area contributed by atoms with Gasteiger partial charge >= 0.3 is 0 Å². The highest BCUT2D eigenvalue weighted by atomic mass is 35.5. The Bertz CT molecular complexity index is 1300. The number of aryl methyl sites for hydroxylation is 1. The fraction of sp³-hybridized carbons (Fsp3) is 0.241. The minimum Gasteiger partial charge on any atom is -0.507 e. The van der Waals surface area contributed by atoms with E-state index < -0.39 is 17.7 Å². The summed E-state index contributed by atoms with van der Waals surface area (Å²) in [5.74, 6) is -0.945. The molecule has 1 aliphatic heterocycles. The Morgan fingerprint density at radius 2 is 1.75 bits per heavy atom. The summed E-state index contributed by atoms with van der Waals surface area (Å²) < 4.78 is 5.87. The molecule has 3 aromatic carbocycles. The van der Waals surface area contributed by atoms with Crippen LogP contribution in [0.25, 0.3) is 5.76 Å². The van der Waals surface area contributed by atoms with Crippen molar-refractivity contribution in [1.82, 2.24) is 9.80 Å². The Balaban J connectivity index is 1.64. The molecule has 0 radical (unpaired) electrons. The van der Waals surface area contributed by atoms with Crippen LogP contribution in [-0.2, 0) is 16.2 Å². The average molecular weight is 505 g/mol. The largest absolute Gasteiger partial charge is 0.507 e. The molecule has 0 spiro atoms. The fourth-order valence-electron chi connectivity index (χ4n) is 4.27. The van der Waals surface area contributed by atoms with Gasteiger partial charge in [0.05, 0.1) is 11.6 Å². The lowest BCUT2D eigenvalue weighted by Gasteiger charge is -2.26. The number of Topliss-reactive ketones (excluding diaryl/α,β-unsaturated/α-hetero) is 1. The third kappa shape index (κ3) is 5.61. The maximum absolute atomic E-state index is 13.1. The number of ketones is 1. The number of likely N-dealkylation sites (N-methyl/N-ethyl adjacent to an activating group) is 1. The van der Waals surface area contributed by atoms with Gasteiger partial charge in [-0.25, -0.2) is 0 Å². The van der Waals surface area contributed by atoms with Gasteiger partial charge in [-0.1, -0.05) is 53.6 Å². The number of aliphatic hydroxyl groups is 1. The molecule has 1 atom stereocenters. The quantitative estimate of drug-likeness (QED) is 0.259. The van der Waals surface area contributed by atoms with Crippen LogP contribution in [0.15, 0.2) is 78.4 Å². The molecule has 1 saturated heterocycles. The number of carbonyl (C=O) groups excluding carboxylic acids is 2. The Morgan fingerprint density at radius 3 is 2.42 bits per heavy atom. The van der Waals surface area contributed by atoms with E-state index in [1.165, 1.54) is 4.90 Å². The molecule has 1 amide bonds. The van der Waals surface area contributed by atoms with Crippen LogP contribution in [0.1, 0.15) is 28.3 Å². The van der Waals surface area contributed by atoms with E-state index in [9.17, 15) is 14.7 Å². The Morgan fingerprint density at radius 1 is 1.03 bits per heavy atom. The number of hydrogen-bond donors (Lipinski definition) is 1. The summed E-state index contributed by atoms with van der Waals surface area (Å²) in [5.41, 5.74) is 3.36. The van der Waals surface area contributed by atoms with Crippen LogP contribution < -0.4 is 4.74 Å². The number of amides is 1. The van der Waals surface area contributed by atoms with E-state index in [-0.39, 0.29) is 11.3 Å². The first-order chi connectivity index (χ1) is 17.2. The Labute approximate surface area is 216 Å². The van der Waals surface area contributed by atoms with Crippen LogP contribution in [0, 0.1) is 6.92 Å². The molecule has 3 aromatic rings. The molecule has 6 nitrogen and oxygen atoms in total. The van der Waals surface area contributed by atoms with Gasteiger partial charge in [0.1, 0.15) is 18.1 Å². The molecule has 0 bridgehead atoms. The third-order valence-electron chi connectivity index (χ3n) is 6.11. The molecule has 1 heterocycles. The van der Waals surface area contributed by atoms with Crippen molar-refractivity contribution in [1.29, 1.82) is 0 Å². The van der Waals surface area contributed by atoms with Gasteiger partial charge < -0.3 is 19.6 Å². The van der Waals surface area contributed by atoms with Gasteiger partial charge in [0.15, 0.2) is 0 Å². The second-order valence-corrected chi connectivity index (χ2v) is 9.59. The van der Waals surface area contributed by atoms with Gasteiger partial charge in [0, 0.05) is 23.7 Å². The normalized spacial score (nSPS) is 17.1. The van der Waals surface area contributed by atoms with Crippen molar-refractivity contribution in [2.24, 2.45) is 0 Å². The van der Waals surface area contributed by atoms with Gasteiger partial charge in [0.25, 0.3) is 11.7 Å². The van der Waals surface area contributed by atoms with Crippen LogP contribution in [-0.4, -0.2) is 53.8 Å². The van der Waals surface area contributed by atoms with Crippen LogP contribution in [0.3, 0.4) is 0 Å². The molecule has 7 heteroatoms. The van der Waals surface area contributed by atoms with E-state index >= 15 is 0 Å². The van der Waals surface area contributed by atoms with Crippen molar-refractivity contribution in [2.45, 2.75) is 19.6 Å². The van der Waals surface area contributed by atoms with Crippen LogP contribution in [0.2, 0.25) is 5.02 Å². The van der Waals surface area contributed by atoms with Crippen LogP contribution >= 0.6 is 11.6 Å². The minimum atomic E-state index is -0.735. The molecule has 4 rings (SSSR count). The number of halogens is 1. The maximum atomic E-state index is 13.1. The topological polar surface area (TPSA) is 70.1 Å². The van der Waals surface area contributed by atoms with Gasteiger partial charge in [-0.3, -0.25) is 9.59 Å². The molecule has 1 fully saturated rings. The summed E-state index contributed by atoms with van der Waals surface area (Å²) in [4.78, 5) is 29.5. The molecule has 1 aliphatic rings. The van der Waals surface area contributed by atoms with Crippen LogP contribution in [0.5, 0.6) is 5.75 Å². The van der Waals surface area contributed by atoms with Crippen molar-refractivity contribution < 1.29 is 19.4 Å². The van der Waals surface area contributed by atoms with E-state index in [4.69, 9.17) is 16.3 Å². The van der Waals surface area contributed by atoms with E-state index in [1.54, 1.807) is 48.5 Å². The van der Waals surface area contributed by atoms with Crippen molar-refractivity contribution in [3.8, 4) is 5.75 Å². The first kappa shape index (κ1) is 25.5. The zero-order chi connectivity index (χ0) is 25.8. The van der Waals surface area contributed by atoms with Crippen molar-refractivity contribution in [2.75, 3.05) is 27.2 Å². The second kappa shape index (κ2) is 11.0. The SMILES string of the molecule is Cc1cccc(COc2ccc(/C(O)=C3\C(=O)C(=O)N(CCN(C)C)[C@@H]3c3cccc(Cl)c3)cc2)c1.